The molecule has 0 aliphatic carbocycles. The Morgan fingerprint density at radius 2 is 1.80 bits per heavy atom. The Kier molecular flexibility index (Phi) is 2.87. The van der Waals surface area contributed by atoms with Gasteiger partial charge in [0.1, 0.15) is 16.7 Å². The van der Waals surface area contributed by atoms with Crippen LogP contribution >= 0.6 is 0 Å². The SMILES string of the molecule is COc1ccc(-c2[nH+]c3ccccc3c(=O)n2N)cc1. The molecule has 1 heterocycles. The average molecular weight is 268 g/mol. The van der Waals surface area contributed by atoms with E-state index in [4.69, 9.17) is 10.6 Å². The lowest BCUT2D eigenvalue weighted by molar-refractivity contribution is -0.337. The second-order valence-electron chi connectivity index (χ2n) is 4.42. The third kappa shape index (κ3) is 1.89. The van der Waals surface area contributed by atoms with Crippen molar-refractivity contribution in [1.82, 2.24) is 4.68 Å². The predicted molar refractivity (Wildman–Crippen MR) is 76.9 cm³/mol. The number of hydrogen-bond acceptors (Lipinski definition) is 3. The van der Waals surface area contributed by atoms with Gasteiger partial charge in [-0.1, -0.05) is 16.8 Å². The molecule has 20 heavy (non-hydrogen) atoms. The molecular formula is C15H14N3O2+. The number of ether oxygens (including phenoxy) is 1. The van der Waals surface area contributed by atoms with Gasteiger partial charge in [0, 0.05) is 0 Å². The predicted octanol–water partition coefficient (Wildman–Crippen LogP) is 1.20. The standard InChI is InChI=1S/C15H13N3O2/c1-20-11-8-6-10(7-9-11)14-17-13-5-3-2-4-12(13)15(19)18(14)16/h2-9H,16H2,1H3/p+1. The largest absolute Gasteiger partial charge is 0.497 e. The van der Waals surface area contributed by atoms with Crippen molar-refractivity contribution in [2.45, 2.75) is 0 Å². The Hall–Kier alpha value is -2.82. The Balaban J connectivity index is 2.25. The summed E-state index contributed by atoms with van der Waals surface area (Å²) < 4.78 is 6.25. The van der Waals surface area contributed by atoms with Gasteiger partial charge in [0.15, 0.2) is 0 Å². The molecule has 0 atom stereocenters. The number of H-pyrrole nitrogens is 1. The van der Waals surface area contributed by atoms with Crippen molar-refractivity contribution in [1.29, 1.82) is 0 Å². The molecule has 0 aliphatic rings. The molecule has 5 nitrogen and oxygen atoms in total. The highest BCUT2D eigenvalue weighted by molar-refractivity contribution is 5.75. The number of benzene rings is 2. The number of para-hydroxylation sites is 1. The van der Waals surface area contributed by atoms with Crippen LogP contribution in [0.15, 0.2) is 53.3 Å². The van der Waals surface area contributed by atoms with E-state index >= 15 is 0 Å². The lowest BCUT2D eigenvalue weighted by Gasteiger charge is -2.03. The first-order valence-corrected chi connectivity index (χ1v) is 6.17. The van der Waals surface area contributed by atoms with Crippen LogP contribution in [-0.2, 0) is 0 Å². The number of aromatic nitrogens is 2. The van der Waals surface area contributed by atoms with E-state index in [0.29, 0.717) is 11.2 Å². The smallest absolute Gasteiger partial charge is 0.368 e. The number of nitrogens with one attached hydrogen (secondary N) is 1. The average Bonchev–Trinajstić information content (AvgIpc) is 2.51. The zero-order valence-electron chi connectivity index (χ0n) is 11.0. The Morgan fingerprint density at radius 1 is 1.10 bits per heavy atom. The van der Waals surface area contributed by atoms with Crippen LogP contribution in [0, 0.1) is 0 Å². The Bertz CT molecular complexity index is 823. The number of nitrogen functional groups attached to an aromatic ring is 1. The maximum atomic E-state index is 12.2. The first-order valence-electron chi connectivity index (χ1n) is 6.17. The van der Waals surface area contributed by atoms with Crippen molar-refractivity contribution in [2.75, 3.05) is 13.0 Å². The lowest BCUT2D eigenvalue weighted by atomic mass is 10.2. The number of fused-ring (bicyclic) bond motifs is 1. The molecule has 0 spiro atoms. The zero-order valence-corrected chi connectivity index (χ0v) is 11.0. The van der Waals surface area contributed by atoms with Gasteiger partial charge >= 0.3 is 11.4 Å². The van der Waals surface area contributed by atoms with E-state index in [2.05, 4.69) is 4.98 Å². The van der Waals surface area contributed by atoms with E-state index in [-0.39, 0.29) is 5.56 Å². The summed E-state index contributed by atoms with van der Waals surface area (Å²) in [6.07, 6.45) is 0. The summed E-state index contributed by atoms with van der Waals surface area (Å²) in [5, 5.41) is 0.562. The van der Waals surface area contributed by atoms with Crippen molar-refractivity contribution in [3.63, 3.8) is 0 Å². The number of methoxy groups -OCH3 is 1. The summed E-state index contributed by atoms with van der Waals surface area (Å²) in [7, 11) is 1.61. The van der Waals surface area contributed by atoms with Crippen LogP contribution < -0.4 is 21.1 Å². The van der Waals surface area contributed by atoms with Crippen LogP contribution in [0.1, 0.15) is 0 Å². The second kappa shape index (κ2) is 4.70. The third-order valence-electron chi connectivity index (χ3n) is 3.23. The highest BCUT2D eigenvalue weighted by Crippen LogP contribution is 2.18. The molecule has 5 heteroatoms. The monoisotopic (exact) mass is 268 g/mol. The third-order valence-corrected chi connectivity index (χ3v) is 3.23. The summed E-state index contributed by atoms with van der Waals surface area (Å²) in [5.41, 5.74) is 1.34. The van der Waals surface area contributed by atoms with Crippen molar-refractivity contribution in [2.24, 2.45) is 0 Å². The van der Waals surface area contributed by atoms with Crippen molar-refractivity contribution >= 4 is 10.9 Å². The number of nitrogens with zero attached hydrogens (tertiary/aromatic N) is 1. The molecule has 3 aromatic rings. The zero-order chi connectivity index (χ0) is 14.1. The van der Waals surface area contributed by atoms with Crippen LogP contribution in [0.25, 0.3) is 22.3 Å². The topological polar surface area (TPSA) is 71.4 Å². The van der Waals surface area contributed by atoms with E-state index in [1.807, 2.05) is 42.5 Å². The van der Waals surface area contributed by atoms with Crippen LogP contribution in [0.3, 0.4) is 0 Å². The molecule has 0 radical (unpaired) electrons. The van der Waals surface area contributed by atoms with Crippen molar-refractivity contribution < 1.29 is 9.72 Å². The fourth-order valence-corrected chi connectivity index (χ4v) is 2.16. The van der Waals surface area contributed by atoms with E-state index in [1.165, 1.54) is 0 Å². The Morgan fingerprint density at radius 3 is 2.50 bits per heavy atom. The van der Waals surface area contributed by atoms with Crippen LogP contribution in [-0.4, -0.2) is 11.8 Å². The molecule has 100 valence electrons. The highest BCUT2D eigenvalue weighted by Gasteiger charge is 2.17. The molecule has 1 aromatic heterocycles. The second-order valence-corrected chi connectivity index (χ2v) is 4.42. The van der Waals surface area contributed by atoms with E-state index in [9.17, 15) is 4.79 Å². The number of aromatic amines is 1. The fourth-order valence-electron chi connectivity index (χ4n) is 2.16. The van der Waals surface area contributed by atoms with E-state index < -0.39 is 0 Å². The van der Waals surface area contributed by atoms with Gasteiger partial charge in [0.2, 0.25) is 0 Å². The molecule has 0 fully saturated rings. The first kappa shape index (κ1) is 12.2. The molecule has 2 aromatic carbocycles. The molecule has 0 saturated heterocycles. The summed E-state index contributed by atoms with van der Waals surface area (Å²) in [6, 6.07) is 14.6. The van der Waals surface area contributed by atoms with Gasteiger partial charge in [-0.15, -0.1) is 0 Å². The molecular weight excluding hydrogens is 254 g/mol. The normalized spacial score (nSPS) is 10.7. The Labute approximate surface area is 115 Å². The number of hydrogen-bond donors (Lipinski definition) is 1. The maximum absolute atomic E-state index is 12.2. The minimum atomic E-state index is -0.231. The fraction of sp³-hybridized carbons (Fsp3) is 0.0667. The van der Waals surface area contributed by atoms with Crippen LogP contribution in [0.4, 0.5) is 0 Å². The van der Waals surface area contributed by atoms with Crippen molar-refractivity contribution in [3.05, 3.63) is 58.9 Å². The van der Waals surface area contributed by atoms with Crippen LogP contribution in [0.5, 0.6) is 5.75 Å². The molecule has 0 unspecified atom stereocenters. The van der Waals surface area contributed by atoms with Gasteiger partial charge in [0.05, 0.1) is 12.7 Å². The van der Waals surface area contributed by atoms with Gasteiger partial charge in [-0.2, -0.15) is 0 Å². The molecule has 0 bridgehead atoms. The van der Waals surface area contributed by atoms with Gasteiger partial charge in [0.25, 0.3) is 0 Å². The minimum Gasteiger partial charge on any atom is -0.497 e. The maximum Gasteiger partial charge on any atom is 0.368 e. The number of rotatable bonds is 2. The summed E-state index contributed by atoms with van der Waals surface area (Å²) >= 11 is 0. The number of nitrogens with two attached hydrogens (primary N) is 1. The molecule has 0 saturated carbocycles. The van der Waals surface area contributed by atoms with Gasteiger partial charge in [-0.05, 0) is 36.4 Å². The lowest BCUT2D eigenvalue weighted by Crippen LogP contribution is -2.35. The molecule has 3 N–H and O–H groups in total. The summed E-state index contributed by atoms with van der Waals surface area (Å²) in [6.45, 7) is 0. The molecule has 3 rings (SSSR count). The van der Waals surface area contributed by atoms with E-state index in [1.54, 1.807) is 13.2 Å². The molecule has 0 amide bonds. The van der Waals surface area contributed by atoms with Crippen LogP contribution in [0.2, 0.25) is 0 Å². The quantitative estimate of drug-likeness (QED) is 0.710. The highest BCUT2D eigenvalue weighted by atomic mass is 16.5. The van der Waals surface area contributed by atoms with Gasteiger partial charge < -0.3 is 4.74 Å². The summed E-state index contributed by atoms with van der Waals surface area (Å²) in [5.74, 6) is 7.20. The van der Waals surface area contributed by atoms with Gasteiger partial charge in [-0.25, -0.2) is 9.78 Å². The molecule has 0 aliphatic heterocycles. The minimum absolute atomic E-state index is 0.231. The van der Waals surface area contributed by atoms with E-state index in [0.717, 1.165) is 21.5 Å². The van der Waals surface area contributed by atoms with Crippen molar-refractivity contribution in [3.8, 4) is 17.1 Å². The van der Waals surface area contributed by atoms with Gasteiger partial charge in [-0.3, -0.25) is 5.84 Å². The summed E-state index contributed by atoms with van der Waals surface area (Å²) in [4.78, 5) is 15.4. The first-order chi connectivity index (χ1) is 9.70.